The Morgan fingerprint density at radius 1 is 1.10 bits per heavy atom. The van der Waals surface area contributed by atoms with E-state index in [-0.39, 0.29) is 5.54 Å². The first kappa shape index (κ1) is 15.4. The van der Waals surface area contributed by atoms with Crippen LogP contribution in [0.4, 0.5) is 0 Å². The Kier molecular flexibility index (Phi) is 4.58. The third-order valence-electron chi connectivity index (χ3n) is 3.10. The van der Waals surface area contributed by atoms with Crippen molar-refractivity contribution < 1.29 is 4.74 Å². The van der Waals surface area contributed by atoms with Gasteiger partial charge in [-0.15, -0.1) is 0 Å². The molecule has 0 aliphatic rings. The molecule has 0 saturated heterocycles. The minimum atomic E-state index is 0.0729. The first-order valence-corrected chi connectivity index (χ1v) is 7.15. The van der Waals surface area contributed by atoms with Crippen molar-refractivity contribution in [2.45, 2.75) is 46.7 Å². The third-order valence-corrected chi connectivity index (χ3v) is 3.10. The first-order valence-electron chi connectivity index (χ1n) is 7.15. The highest BCUT2D eigenvalue weighted by atomic mass is 16.5. The van der Waals surface area contributed by atoms with Gasteiger partial charge in [0.05, 0.1) is 0 Å². The normalized spacial score (nSPS) is 11.5. The molecule has 1 aromatic heterocycles. The van der Waals surface area contributed by atoms with E-state index in [0.717, 1.165) is 23.6 Å². The molecule has 0 aliphatic carbocycles. The summed E-state index contributed by atoms with van der Waals surface area (Å²) in [6.45, 7) is 11.2. The Morgan fingerprint density at radius 3 is 2.33 bits per heavy atom. The molecule has 0 fully saturated rings. The smallest absolute Gasteiger partial charge is 0.322 e. The fourth-order valence-corrected chi connectivity index (χ4v) is 1.77. The summed E-state index contributed by atoms with van der Waals surface area (Å²) in [6, 6.07) is 8.23. The van der Waals surface area contributed by atoms with Gasteiger partial charge in [-0.2, -0.15) is 4.98 Å². The Labute approximate surface area is 126 Å². The van der Waals surface area contributed by atoms with Gasteiger partial charge < -0.3 is 10.1 Å². The summed E-state index contributed by atoms with van der Waals surface area (Å²) in [5, 5.41) is 3.43. The maximum absolute atomic E-state index is 5.67. The average Bonchev–Trinajstić information content (AvgIpc) is 2.39. The van der Waals surface area contributed by atoms with E-state index >= 15 is 0 Å². The van der Waals surface area contributed by atoms with Crippen molar-refractivity contribution in [3.63, 3.8) is 0 Å². The lowest BCUT2D eigenvalue weighted by Crippen LogP contribution is -2.35. The quantitative estimate of drug-likeness (QED) is 0.928. The molecule has 112 valence electrons. The fourth-order valence-electron chi connectivity index (χ4n) is 1.77. The molecule has 0 bridgehead atoms. The molecule has 1 heterocycles. The number of rotatable bonds is 4. The third kappa shape index (κ3) is 4.83. The van der Waals surface area contributed by atoms with Crippen LogP contribution in [0.5, 0.6) is 11.8 Å². The van der Waals surface area contributed by atoms with Gasteiger partial charge in [0, 0.05) is 29.5 Å². The van der Waals surface area contributed by atoms with Gasteiger partial charge in [0.1, 0.15) is 5.75 Å². The molecule has 0 radical (unpaired) electrons. The number of nitrogens with zero attached hydrogens (tertiary/aromatic N) is 2. The number of hydrogen-bond donors (Lipinski definition) is 1. The minimum absolute atomic E-state index is 0.0729. The molecule has 21 heavy (non-hydrogen) atoms. The Bertz CT molecular complexity index is 600. The van der Waals surface area contributed by atoms with Crippen molar-refractivity contribution in [3.05, 3.63) is 47.3 Å². The molecule has 0 atom stereocenters. The van der Waals surface area contributed by atoms with Crippen LogP contribution in [0.3, 0.4) is 0 Å². The van der Waals surface area contributed by atoms with Crippen molar-refractivity contribution in [2.75, 3.05) is 0 Å². The monoisotopic (exact) mass is 285 g/mol. The fraction of sp³-hybridized carbons (Fsp3) is 0.412. The van der Waals surface area contributed by atoms with Gasteiger partial charge in [-0.3, -0.25) is 0 Å². The van der Waals surface area contributed by atoms with E-state index < -0.39 is 0 Å². The zero-order chi connectivity index (χ0) is 15.5. The predicted octanol–water partition coefficient (Wildman–Crippen LogP) is 3.77. The summed E-state index contributed by atoms with van der Waals surface area (Å²) in [6.07, 6.45) is 1.82. The van der Waals surface area contributed by atoms with Gasteiger partial charge in [0.15, 0.2) is 0 Å². The maximum atomic E-state index is 5.67. The minimum Gasteiger partial charge on any atom is -0.424 e. The lowest BCUT2D eigenvalue weighted by Gasteiger charge is -2.20. The van der Waals surface area contributed by atoms with E-state index in [0.29, 0.717) is 6.01 Å². The Morgan fingerprint density at radius 2 is 1.76 bits per heavy atom. The van der Waals surface area contributed by atoms with Crippen LogP contribution in [0.15, 0.2) is 30.5 Å². The highest BCUT2D eigenvalue weighted by Crippen LogP contribution is 2.19. The van der Waals surface area contributed by atoms with Crippen LogP contribution >= 0.6 is 0 Å². The molecule has 0 aliphatic heterocycles. The molecule has 0 spiro atoms. The Hall–Kier alpha value is -1.94. The van der Waals surface area contributed by atoms with E-state index in [4.69, 9.17) is 4.74 Å². The number of aryl methyl sites for hydroxylation is 2. The molecule has 0 unspecified atom stereocenters. The van der Waals surface area contributed by atoms with Crippen LogP contribution in [0.25, 0.3) is 0 Å². The molecule has 1 aromatic carbocycles. The maximum Gasteiger partial charge on any atom is 0.322 e. The number of ether oxygens (including phenoxy) is 1. The zero-order valence-corrected chi connectivity index (χ0v) is 13.4. The highest BCUT2D eigenvalue weighted by molar-refractivity contribution is 5.29. The summed E-state index contributed by atoms with van der Waals surface area (Å²) in [5.74, 6) is 0.751. The number of nitrogens with one attached hydrogen (secondary N) is 1. The van der Waals surface area contributed by atoms with Crippen molar-refractivity contribution in [1.82, 2.24) is 15.3 Å². The second-order valence-electron chi connectivity index (χ2n) is 6.28. The molecular formula is C17H23N3O. The standard InChI is InChI=1S/C17H23N3O/c1-12-6-8-15(9-7-12)21-16-18-10-14(13(2)20-16)11-19-17(3,4)5/h6-10,19H,11H2,1-5H3. The highest BCUT2D eigenvalue weighted by Gasteiger charge is 2.11. The first-order chi connectivity index (χ1) is 9.83. The van der Waals surface area contributed by atoms with Crippen LogP contribution in [-0.4, -0.2) is 15.5 Å². The van der Waals surface area contributed by atoms with Crippen molar-refractivity contribution in [1.29, 1.82) is 0 Å². The van der Waals surface area contributed by atoms with Gasteiger partial charge in [0.2, 0.25) is 0 Å². The lowest BCUT2D eigenvalue weighted by molar-refractivity contribution is 0.418. The van der Waals surface area contributed by atoms with E-state index in [1.807, 2.05) is 44.3 Å². The van der Waals surface area contributed by atoms with Gasteiger partial charge >= 0.3 is 6.01 Å². The molecule has 4 heteroatoms. The van der Waals surface area contributed by atoms with Gasteiger partial charge in [0.25, 0.3) is 0 Å². The van der Waals surface area contributed by atoms with E-state index in [1.54, 1.807) is 0 Å². The summed E-state index contributed by atoms with van der Waals surface area (Å²) in [5.41, 5.74) is 3.29. The van der Waals surface area contributed by atoms with E-state index in [2.05, 4.69) is 36.1 Å². The van der Waals surface area contributed by atoms with Crippen molar-refractivity contribution >= 4 is 0 Å². The Balaban J connectivity index is 2.06. The number of benzene rings is 1. The van der Waals surface area contributed by atoms with Crippen LogP contribution in [0.1, 0.15) is 37.6 Å². The molecule has 2 rings (SSSR count). The summed E-state index contributed by atoms with van der Waals surface area (Å²) in [4.78, 5) is 8.70. The SMILES string of the molecule is Cc1ccc(Oc2ncc(CNC(C)(C)C)c(C)n2)cc1. The second kappa shape index (κ2) is 6.22. The number of hydrogen-bond acceptors (Lipinski definition) is 4. The van der Waals surface area contributed by atoms with E-state index in [9.17, 15) is 0 Å². The topological polar surface area (TPSA) is 47.0 Å². The van der Waals surface area contributed by atoms with Crippen LogP contribution in [0.2, 0.25) is 0 Å². The lowest BCUT2D eigenvalue weighted by atomic mass is 10.1. The second-order valence-corrected chi connectivity index (χ2v) is 6.28. The molecule has 4 nitrogen and oxygen atoms in total. The molecule has 0 saturated carbocycles. The van der Waals surface area contributed by atoms with Gasteiger partial charge in [-0.05, 0) is 46.8 Å². The van der Waals surface area contributed by atoms with E-state index in [1.165, 1.54) is 5.56 Å². The van der Waals surface area contributed by atoms with Crippen LogP contribution in [0, 0.1) is 13.8 Å². The molecular weight excluding hydrogens is 262 g/mol. The van der Waals surface area contributed by atoms with Crippen LogP contribution in [-0.2, 0) is 6.54 Å². The summed E-state index contributed by atoms with van der Waals surface area (Å²) < 4.78 is 5.67. The molecule has 1 N–H and O–H groups in total. The zero-order valence-electron chi connectivity index (χ0n) is 13.4. The van der Waals surface area contributed by atoms with Crippen molar-refractivity contribution in [3.8, 4) is 11.8 Å². The number of aromatic nitrogens is 2. The van der Waals surface area contributed by atoms with Crippen molar-refractivity contribution in [2.24, 2.45) is 0 Å². The van der Waals surface area contributed by atoms with Gasteiger partial charge in [-0.1, -0.05) is 17.7 Å². The summed E-state index contributed by atoms with van der Waals surface area (Å²) in [7, 11) is 0. The average molecular weight is 285 g/mol. The van der Waals surface area contributed by atoms with Crippen LogP contribution < -0.4 is 10.1 Å². The summed E-state index contributed by atoms with van der Waals surface area (Å²) >= 11 is 0. The predicted molar refractivity (Wildman–Crippen MR) is 84.6 cm³/mol. The van der Waals surface area contributed by atoms with Gasteiger partial charge in [-0.25, -0.2) is 4.98 Å². The largest absolute Gasteiger partial charge is 0.424 e. The molecule has 2 aromatic rings. The molecule has 0 amide bonds.